The Balaban J connectivity index is 2.26. The number of carboxylic acids is 1. The number of hydrogen-bond donors (Lipinski definition) is 2. The van der Waals surface area contributed by atoms with Gasteiger partial charge in [0.25, 0.3) is 5.91 Å². The Morgan fingerprint density at radius 2 is 1.93 bits per heavy atom. The van der Waals surface area contributed by atoms with Gasteiger partial charge in [0, 0.05) is 17.0 Å². The molecule has 0 aliphatic heterocycles. The highest BCUT2D eigenvalue weighted by molar-refractivity contribution is 5.87. The van der Waals surface area contributed by atoms with Gasteiger partial charge in [-0.15, -0.1) is 0 Å². The van der Waals surface area contributed by atoms with E-state index in [-0.39, 0.29) is 5.92 Å². The number of fused-ring (bicyclic) bond motifs is 1. The number of ether oxygens (including phenoxy) is 1. The van der Waals surface area contributed by atoms with Gasteiger partial charge in [-0.3, -0.25) is 4.79 Å². The normalized spacial score (nSPS) is 14.3. The first-order valence-corrected chi connectivity index (χ1v) is 9.45. The van der Waals surface area contributed by atoms with E-state index in [0.29, 0.717) is 29.7 Å². The van der Waals surface area contributed by atoms with Crippen LogP contribution in [0.25, 0.3) is 11.0 Å². The van der Waals surface area contributed by atoms with Gasteiger partial charge in [-0.1, -0.05) is 27.2 Å². The van der Waals surface area contributed by atoms with Crippen molar-refractivity contribution in [2.45, 2.75) is 59.6 Å². The van der Waals surface area contributed by atoms with Gasteiger partial charge in [-0.25, -0.2) is 9.59 Å². The van der Waals surface area contributed by atoms with Gasteiger partial charge in [-0.05, 0) is 43.9 Å². The van der Waals surface area contributed by atoms with Crippen molar-refractivity contribution in [2.24, 2.45) is 5.92 Å². The standard InChI is InChI=1S/C21H27NO6/c1-6-11(3)18(21(25)26)22-20(24)13(5)27-16-9-8-15-14(7-2)10-17(23)28-19(15)12(16)4/h8-11,13,18H,6-7H2,1-5H3,(H,22,24)(H,25,26)/t11-,13+,18+/m1/s1. The summed E-state index contributed by atoms with van der Waals surface area (Å²) in [6.45, 7) is 8.89. The van der Waals surface area contributed by atoms with Crippen LogP contribution in [0.4, 0.5) is 0 Å². The number of amides is 1. The predicted molar refractivity (Wildman–Crippen MR) is 106 cm³/mol. The number of rotatable bonds is 8. The van der Waals surface area contributed by atoms with E-state index in [1.54, 1.807) is 32.9 Å². The third-order valence-corrected chi connectivity index (χ3v) is 5.03. The summed E-state index contributed by atoms with van der Waals surface area (Å²) in [4.78, 5) is 35.7. The van der Waals surface area contributed by atoms with Crippen LogP contribution >= 0.6 is 0 Å². The zero-order chi connectivity index (χ0) is 21.0. The maximum absolute atomic E-state index is 12.4. The Morgan fingerprint density at radius 1 is 1.25 bits per heavy atom. The zero-order valence-electron chi connectivity index (χ0n) is 16.9. The molecule has 2 aromatic rings. The smallest absolute Gasteiger partial charge is 0.336 e. The van der Waals surface area contributed by atoms with Crippen LogP contribution in [0, 0.1) is 12.8 Å². The van der Waals surface area contributed by atoms with Gasteiger partial charge in [0.2, 0.25) is 0 Å². The van der Waals surface area contributed by atoms with Crippen molar-refractivity contribution in [3.63, 3.8) is 0 Å². The summed E-state index contributed by atoms with van der Waals surface area (Å²) in [7, 11) is 0. The molecule has 2 rings (SSSR count). The quantitative estimate of drug-likeness (QED) is 0.672. The molecule has 0 aliphatic carbocycles. The van der Waals surface area contributed by atoms with Gasteiger partial charge < -0.3 is 19.6 Å². The SMILES string of the molecule is CCc1cc(=O)oc2c(C)c(O[C@@H](C)C(=O)N[C@H](C(=O)O)[C@H](C)CC)ccc12. The number of nitrogens with one attached hydrogen (secondary N) is 1. The molecular formula is C21H27NO6. The molecule has 0 unspecified atom stereocenters. The highest BCUT2D eigenvalue weighted by Gasteiger charge is 2.28. The van der Waals surface area contributed by atoms with Crippen LogP contribution in [-0.2, 0) is 16.0 Å². The van der Waals surface area contributed by atoms with Gasteiger partial charge in [0.1, 0.15) is 17.4 Å². The van der Waals surface area contributed by atoms with E-state index >= 15 is 0 Å². The van der Waals surface area contributed by atoms with Crippen molar-refractivity contribution < 1.29 is 23.8 Å². The highest BCUT2D eigenvalue weighted by Crippen LogP contribution is 2.29. The number of hydrogen-bond acceptors (Lipinski definition) is 5. The minimum Gasteiger partial charge on any atom is -0.480 e. The van der Waals surface area contributed by atoms with E-state index in [2.05, 4.69) is 5.32 Å². The third-order valence-electron chi connectivity index (χ3n) is 5.03. The molecule has 1 aromatic carbocycles. The lowest BCUT2D eigenvalue weighted by Crippen LogP contribution is -2.49. The van der Waals surface area contributed by atoms with E-state index in [9.17, 15) is 19.5 Å². The minimum absolute atomic E-state index is 0.210. The van der Waals surface area contributed by atoms with E-state index in [1.807, 2.05) is 13.8 Å². The van der Waals surface area contributed by atoms with Crippen LogP contribution in [-0.4, -0.2) is 29.1 Å². The Hall–Kier alpha value is -2.83. The molecular weight excluding hydrogens is 362 g/mol. The molecule has 0 radical (unpaired) electrons. The van der Waals surface area contributed by atoms with Crippen LogP contribution in [0.15, 0.2) is 27.4 Å². The third kappa shape index (κ3) is 4.52. The summed E-state index contributed by atoms with van der Waals surface area (Å²) in [5.74, 6) is -1.40. The molecule has 0 saturated carbocycles. The Labute approximate surface area is 163 Å². The van der Waals surface area contributed by atoms with Gasteiger partial charge >= 0.3 is 11.6 Å². The minimum atomic E-state index is -1.08. The topological polar surface area (TPSA) is 106 Å². The van der Waals surface area contributed by atoms with Gasteiger partial charge in [0.05, 0.1) is 0 Å². The molecule has 152 valence electrons. The van der Waals surface area contributed by atoms with Crippen LogP contribution in [0.2, 0.25) is 0 Å². The second-order valence-corrected chi connectivity index (χ2v) is 6.98. The summed E-state index contributed by atoms with van der Waals surface area (Å²) < 4.78 is 11.1. The molecule has 7 heteroatoms. The first-order chi connectivity index (χ1) is 13.2. The maximum Gasteiger partial charge on any atom is 0.336 e. The van der Waals surface area contributed by atoms with Crippen molar-refractivity contribution in [1.29, 1.82) is 0 Å². The number of carboxylic acid groups (broad SMARTS) is 1. The molecule has 0 saturated heterocycles. The van der Waals surface area contributed by atoms with Crippen molar-refractivity contribution in [3.8, 4) is 5.75 Å². The summed E-state index contributed by atoms with van der Waals surface area (Å²) in [5.41, 5.74) is 1.48. The molecule has 1 aromatic heterocycles. The second-order valence-electron chi connectivity index (χ2n) is 6.98. The van der Waals surface area contributed by atoms with Gasteiger partial charge in [-0.2, -0.15) is 0 Å². The summed E-state index contributed by atoms with van der Waals surface area (Å²) in [6, 6.07) is 4.01. The largest absolute Gasteiger partial charge is 0.480 e. The molecule has 0 spiro atoms. The van der Waals surface area contributed by atoms with E-state index < -0.39 is 29.6 Å². The fourth-order valence-corrected chi connectivity index (χ4v) is 3.03. The average Bonchev–Trinajstić information content (AvgIpc) is 2.66. The van der Waals surface area contributed by atoms with Crippen LogP contribution in [0.3, 0.4) is 0 Å². The zero-order valence-corrected chi connectivity index (χ0v) is 16.9. The first kappa shape index (κ1) is 21.5. The predicted octanol–water partition coefficient (Wildman–Crippen LogP) is 3.05. The lowest BCUT2D eigenvalue weighted by Gasteiger charge is -2.23. The highest BCUT2D eigenvalue weighted by atomic mass is 16.5. The molecule has 0 bridgehead atoms. The summed E-state index contributed by atoms with van der Waals surface area (Å²) in [6.07, 6.45) is 0.394. The monoisotopic (exact) mass is 389 g/mol. The number of carbonyl (C=O) groups excluding carboxylic acids is 1. The number of benzene rings is 1. The Morgan fingerprint density at radius 3 is 2.50 bits per heavy atom. The lowest BCUT2D eigenvalue weighted by atomic mass is 9.99. The van der Waals surface area contributed by atoms with Crippen molar-refractivity contribution in [1.82, 2.24) is 5.32 Å². The fraction of sp³-hybridized carbons (Fsp3) is 0.476. The Kier molecular flexibility index (Phi) is 6.83. The molecule has 2 N–H and O–H groups in total. The Bertz CT molecular complexity index is 932. The van der Waals surface area contributed by atoms with Gasteiger partial charge in [0.15, 0.2) is 6.10 Å². The average molecular weight is 389 g/mol. The molecule has 0 aliphatic rings. The van der Waals surface area contributed by atoms with Crippen molar-refractivity contribution in [3.05, 3.63) is 39.7 Å². The van der Waals surface area contributed by atoms with E-state index in [0.717, 1.165) is 10.9 Å². The number of aliphatic carboxylic acids is 1. The molecule has 1 heterocycles. The van der Waals surface area contributed by atoms with Crippen LogP contribution in [0.5, 0.6) is 5.75 Å². The van der Waals surface area contributed by atoms with E-state index in [4.69, 9.17) is 9.15 Å². The maximum atomic E-state index is 12.4. The molecule has 3 atom stereocenters. The van der Waals surface area contributed by atoms with Crippen LogP contribution in [0.1, 0.15) is 45.2 Å². The van der Waals surface area contributed by atoms with Crippen LogP contribution < -0.4 is 15.7 Å². The van der Waals surface area contributed by atoms with E-state index in [1.165, 1.54) is 6.07 Å². The molecule has 28 heavy (non-hydrogen) atoms. The summed E-state index contributed by atoms with van der Waals surface area (Å²) in [5, 5.41) is 12.7. The lowest BCUT2D eigenvalue weighted by molar-refractivity contribution is -0.144. The number of carbonyl (C=O) groups is 2. The van der Waals surface area contributed by atoms with Crippen molar-refractivity contribution >= 4 is 22.8 Å². The molecule has 0 fully saturated rings. The van der Waals surface area contributed by atoms with Crippen molar-refractivity contribution in [2.75, 3.05) is 0 Å². The second kappa shape index (κ2) is 8.91. The molecule has 7 nitrogen and oxygen atoms in total. The number of aryl methyl sites for hydroxylation is 2. The fourth-order valence-electron chi connectivity index (χ4n) is 3.03. The molecule has 1 amide bonds. The first-order valence-electron chi connectivity index (χ1n) is 9.45. The summed E-state index contributed by atoms with van der Waals surface area (Å²) >= 11 is 0.